The molecule has 14 heavy (non-hydrogen) atoms. The molecule has 1 rings (SSSR count). The number of benzene rings is 1. The minimum atomic E-state index is -0.268. The van der Waals surface area contributed by atoms with Gasteiger partial charge in [0.15, 0.2) is 0 Å². The second-order valence-electron chi connectivity index (χ2n) is 2.90. The van der Waals surface area contributed by atoms with E-state index in [1.165, 1.54) is 6.07 Å². The van der Waals surface area contributed by atoms with E-state index in [2.05, 4.69) is 0 Å². The molecule has 0 saturated heterocycles. The lowest BCUT2D eigenvalue weighted by Gasteiger charge is -2.11. The Bertz CT molecular complexity index is 293. The molecule has 0 aromatic heterocycles. The van der Waals surface area contributed by atoms with E-state index in [1.807, 2.05) is 6.92 Å². The SMILES string of the molecule is CC[C@@H](N)c1cc(OC)ccc1F.Cl. The van der Waals surface area contributed by atoms with Crippen LogP contribution in [0.2, 0.25) is 0 Å². The van der Waals surface area contributed by atoms with Gasteiger partial charge in [0.2, 0.25) is 0 Å². The molecule has 2 N–H and O–H groups in total. The van der Waals surface area contributed by atoms with E-state index in [0.717, 1.165) is 0 Å². The average molecular weight is 220 g/mol. The van der Waals surface area contributed by atoms with Crippen LogP contribution in [0.1, 0.15) is 24.9 Å². The molecule has 0 spiro atoms. The highest BCUT2D eigenvalue weighted by molar-refractivity contribution is 5.85. The van der Waals surface area contributed by atoms with Crippen LogP contribution >= 0.6 is 12.4 Å². The number of hydrogen-bond donors (Lipinski definition) is 1. The van der Waals surface area contributed by atoms with Gasteiger partial charge in [-0.3, -0.25) is 0 Å². The molecule has 0 radical (unpaired) electrons. The highest BCUT2D eigenvalue weighted by Gasteiger charge is 2.10. The summed E-state index contributed by atoms with van der Waals surface area (Å²) in [4.78, 5) is 0. The zero-order chi connectivity index (χ0) is 9.84. The summed E-state index contributed by atoms with van der Waals surface area (Å²) in [5.74, 6) is 0.371. The third kappa shape index (κ3) is 2.86. The van der Waals surface area contributed by atoms with Crippen molar-refractivity contribution in [2.45, 2.75) is 19.4 Å². The van der Waals surface area contributed by atoms with Gasteiger partial charge >= 0.3 is 0 Å². The van der Waals surface area contributed by atoms with Crippen molar-refractivity contribution in [2.75, 3.05) is 7.11 Å². The van der Waals surface area contributed by atoms with Crippen LogP contribution in [0.25, 0.3) is 0 Å². The predicted molar refractivity (Wildman–Crippen MR) is 57.4 cm³/mol. The summed E-state index contributed by atoms with van der Waals surface area (Å²) in [6, 6.07) is 4.35. The third-order valence-electron chi connectivity index (χ3n) is 2.04. The molecular weight excluding hydrogens is 205 g/mol. The number of rotatable bonds is 3. The van der Waals surface area contributed by atoms with E-state index in [9.17, 15) is 4.39 Å². The van der Waals surface area contributed by atoms with Gasteiger partial charge in [0.25, 0.3) is 0 Å². The first-order chi connectivity index (χ1) is 6.19. The van der Waals surface area contributed by atoms with Crippen LogP contribution < -0.4 is 10.5 Å². The van der Waals surface area contributed by atoms with Gasteiger partial charge in [-0.1, -0.05) is 6.92 Å². The van der Waals surface area contributed by atoms with Gasteiger partial charge in [-0.25, -0.2) is 4.39 Å². The quantitative estimate of drug-likeness (QED) is 0.849. The summed E-state index contributed by atoms with van der Waals surface area (Å²) in [5.41, 5.74) is 6.24. The van der Waals surface area contributed by atoms with Gasteiger partial charge < -0.3 is 10.5 Å². The van der Waals surface area contributed by atoms with Crippen molar-refractivity contribution in [1.29, 1.82) is 0 Å². The second-order valence-corrected chi connectivity index (χ2v) is 2.90. The standard InChI is InChI=1S/C10H14FNO.ClH/c1-3-10(12)8-6-7(13-2)4-5-9(8)11;/h4-6,10H,3,12H2,1-2H3;1H/t10-;/m1./s1. The molecule has 0 aliphatic rings. The summed E-state index contributed by atoms with van der Waals surface area (Å²) < 4.78 is 18.2. The van der Waals surface area contributed by atoms with Gasteiger partial charge in [-0.15, -0.1) is 12.4 Å². The van der Waals surface area contributed by atoms with Crippen LogP contribution in [-0.2, 0) is 0 Å². The number of halogens is 2. The first kappa shape index (κ1) is 13.2. The largest absolute Gasteiger partial charge is 0.497 e. The predicted octanol–water partition coefficient (Wildman–Crippen LogP) is 2.67. The Balaban J connectivity index is 0.00000169. The zero-order valence-corrected chi connectivity index (χ0v) is 9.10. The van der Waals surface area contributed by atoms with E-state index in [1.54, 1.807) is 19.2 Å². The molecule has 0 amide bonds. The fraction of sp³-hybridized carbons (Fsp3) is 0.400. The topological polar surface area (TPSA) is 35.2 Å². The summed E-state index contributed by atoms with van der Waals surface area (Å²) in [6.07, 6.45) is 0.712. The molecular formula is C10H15ClFNO. The Labute approximate surface area is 89.7 Å². The van der Waals surface area contributed by atoms with Crippen molar-refractivity contribution in [1.82, 2.24) is 0 Å². The van der Waals surface area contributed by atoms with Gasteiger partial charge in [-0.2, -0.15) is 0 Å². The van der Waals surface area contributed by atoms with Crippen molar-refractivity contribution in [3.63, 3.8) is 0 Å². The minimum Gasteiger partial charge on any atom is -0.497 e. The Morgan fingerprint density at radius 1 is 1.50 bits per heavy atom. The summed E-state index contributed by atoms with van der Waals surface area (Å²) in [7, 11) is 1.55. The molecule has 1 aromatic rings. The van der Waals surface area contributed by atoms with Crippen LogP contribution in [0.15, 0.2) is 18.2 Å². The smallest absolute Gasteiger partial charge is 0.128 e. The molecule has 0 heterocycles. The van der Waals surface area contributed by atoms with E-state index in [-0.39, 0.29) is 24.3 Å². The maximum absolute atomic E-state index is 13.2. The van der Waals surface area contributed by atoms with Crippen molar-refractivity contribution in [3.05, 3.63) is 29.6 Å². The molecule has 0 unspecified atom stereocenters. The number of nitrogens with two attached hydrogens (primary N) is 1. The van der Waals surface area contributed by atoms with E-state index >= 15 is 0 Å². The van der Waals surface area contributed by atoms with Gasteiger partial charge in [0.1, 0.15) is 11.6 Å². The molecule has 0 bridgehead atoms. The number of ether oxygens (including phenoxy) is 1. The minimum absolute atomic E-state index is 0. The first-order valence-electron chi connectivity index (χ1n) is 4.28. The Kier molecular flexibility index (Phi) is 5.50. The monoisotopic (exact) mass is 219 g/mol. The fourth-order valence-electron chi connectivity index (χ4n) is 1.15. The van der Waals surface area contributed by atoms with Crippen molar-refractivity contribution < 1.29 is 9.13 Å². The fourth-order valence-corrected chi connectivity index (χ4v) is 1.15. The average Bonchev–Trinajstić information content (AvgIpc) is 2.17. The normalized spacial score (nSPS) is 11.7. The Hall–Kier alpha value is -0.800. The van der Waals surface area contributed by atoms with Crippen LogP contribution in [-0.4, -0.2) is 7.11 Å². The van der Waals surface area contributed by atoms with Gasteiger partial charge in [-0.05, 0) is 24.6 Å². The Morgan fingerprint density at radius 3 is 2.64 bits per heavy atom. The molecule has 1 atom stereocenters. The molecule has 2 nitrogen and oxygen atoms in total. The van der Waals surface area contributed by atoms with Gasteiger partial charge in [0, 0.05) is 11.6 Å². The van der Waals surface area contributed by atoms with Crippen LogP contribution in [0.4, 0.5) is 4.39 Å². The zero-order valence-electron chi connectivity index (χ0n) is 8.29. The summed E-state index contributed by atoms with van der Waals surface area (Å²) in [5, 5.41) is 0. The van der Waals surface area contributed by atoms with E-state index < -0.39 is 0 Å². The number of hydrogen-bond acceptors (Lipinski definition) is 2. The highest BCUT2D eigenvalue weighted by Crippen LogP contribution is 2.22. The van der Waals surface area contributed by atoms with Gasteiger partial charge in [0.05, 0.1) is 7.11 Å². The van der Waals surface area contributed by atoms with Crippen LogP contribution in [0.3, 0.4) is 0 Å². The van der Waals surface area contributed by atoms with E-state index in [0.29, 0.717) is 17.7 Å². The molecule has 0 saturated carbocycles. The third-order valence-corrected chi connectivity index (χ3v) is 2.04. The van der Waals surface area contributed by atoms with Crippen molar-refractivity contribution in [2.24, 2.45) is 5.73 Å². The lowest BCUT2D eigenvalue weighted by molar-refractivity contribution is 0.411. The van der Waals surface area contributed by atoms with Crippen LogP contribution in [0, 0.1) is 5.82 Å². The lowest BCUT2D eigenvalue weighted by Crippen LogP contribution is -2.10. The van der Waals surface area contributed by atoms with Crippen molar-refractivity contribution >= 4 is 12.4 Å². The maximum Gasteiger partial charge on any atom is 0.128 e. The highest BCUT2D eigenvalue weighted by atomic mass is 35.5. The molecule has 1 aromatic carbocycles. The first-order valence-corrected chi connectivity index (χ1v) is 4.28. The molecule has 4 heteroatoms. The number of methoxy groups -OCH3 is 1. The summed E-state index contributed by atoms with van der Waals surface area (Å²) in [6.45, 7) is 1.92. The molecule has 0 aliphatic carbocycles. The molecule has 0 aliphatic heterocycles. The summed E-state index contributed by atoms with van der Waals surface area (Å²) >= 11 is 0. The van der Waals surface area contributed by atoms with Crippen molar-refractivity contribution in [3.8, 4) is 5.75 Å². The lowest BCUT2D eigenvalue weighted by atomic mass is 10.0. The molecule has 0 fully saturated rings. The maximum atomic E-state index is 13.2. The molecule has 80 valence electrons. The Morgan fingerprint density at radius 2 is 2.14 bits per heavy atom. The van der Waals surface area contributed by atoms with Crippen LogP contribution in [0.5, 0.6) is 5.75 Å². The van der Waals surface area contributed by atoms with E-state index in [4.69, 9.17) is 10.5 Å². The second kappa shape index (κ2) is 5.83.